The third-order valence-electron chi connectivity index (χ3n) is 12.4. The molecular weight excluding hydrogens is 850 g/mol. The number of urea groups is 2. The fraction of sp³-hybridized carbons (Fsp3) is 0.429. The molecule has 4 heterocycles. The number of halogens is 1. The number of tetrazole rings is 2. The summed E-state index contributed by atoms with van der Waals surface area (Å²) in [7, 11) is 7.71. The fourth-order valence-electron chi connectivity index (χ4n) is 8.57. The summed E-state index contributed by atoms with van der Waals surface area (Å²) in [4.78, 5) is 32.1. The highest BCUT2D eigenvalue weighted by Gasteiger charge is 2.22. The molecule has 4 N–H and O–H groups in total. The van der Waals surface area contributed by atoms with Gasteiger partial charge in [0.1, 0.15) is 5.82 Å². The van der Waals surface area contributed by atoms with Crippen LogP contribution in [-0.4, -0.2) is 122 Å². The molecule has 6 aromatic rings. The molecule has 2 aromatic heterocycles. The van der Waals surface area contributed by atoms with Gasteiger partial charge >= 0.3 is 12.1 Å². The number of piperidine rings is 2. The second-order valence-electron chi connectivity index (χ2n) is 17.7. The maximum absolute atomic E-state index is 13.0. The zero-order valence-corrected chi connectivity index (χ0v) is 39.3. The normalized spacial score (nSPS) is 15.6. The first kappa shape index (κ1) is 48.2. The van der Waals surface area contributed by atoms with Crippen LogP contribution in [0.1, 0.15) is 55.0 Å². The largest absolute Gasteiger partial charge is 0.378 e. The zero-order valence-electron chi connectivity index (χ0n) is 39.3. The number of rotatable bonds is 15. The predicted molar refractivity (Wildman–Crippen MR) is 268 cm³/mol. The van der Waals surface area contributed by atoms with Crippen LogP contribution in [0.4, 0.5) is 31.0 Å². The highest BCUT2D eigenvalue weighted by molar-refractivity contribution is 5.90. The lowest BCUT2D eigenvalue weighted by atomic mass is 9.96. The molecule has 4 aromatic carbocycles. The predicted octanol–water partition coefficient (Wildman–Crippen LogP) is 7.62. The summed E-state index contributed by atoms with van der Waals surface area (Å²) in [6, 6.07) is 28.5. The highest BCUT2D eigenvalue weighted by atomic mass is 19.1. The smallest absolute Gasteiger partial charge is 0.319 e. The van der Waals surface area contributed by atoms with Gasteiger partial charge in [-0.25, -0.2) is 23.3 Å². The van der Waals surface area contributed by atoms with E-state index in [0.717, 1.165) is 99.3 Å². The van der Waals surface area contributed by atoms with Crippen molar-refractivity contribution in [3.8, 4) is 22.8 Å². The number of benzene rings is 4. The molecule has 0 aliphatic carbocycles. The Labute approximate surface area is 398 Å². The number of hydrogen-bond donors (Lipinski definition) is 4. The second-order valence-corrected chi connectivity index (χ2v) is 17.7. The van der Waals surface area contributed by atoms with Crippen LogP contribution in [0.3, 0.4) is 0 Å². The van der Waals surface area contributed by atoms with Gasteiger partial charge in [0.05, 0.1) is 0 Å². The third kappa shape index (κ3) is 14.4. The van der Waals surface area contributed by atoms with Crippen LogP contribution >= 0.6 is 0 Å². The number of hydrogen-bond acceptors (Lipinski definition) is 11. The molecule has 362 valence electrons. The number of likely N-dealkylation sites (tertiary alicyclic amines) is 2. The molecule has 2 aliphatic rings. The van der Waals surface area contributed by atoms with Gasteiger partial charge in [0.15, 0.2) is 11.6 Å². The Bertz CT molecular complexity index is 2520. The van der Waals surface area contributed by atoms with Crippen molar-refractivity contribution in [2.45, 2.75) is 52.0 Å². The van der Waals surface area contributed by atoms with Crippen LogP contribution in [0.5, 0.6) is 0 Å². The van der Waals surface area contributed by atoms with E-state index >= 15 is 0 Å². The lowest BCUT2D eigenvalue weighted by Crippen LogP contribution is -2.42. The van der Waals surface area contributed by atoms with E-state index in [0.29, 0.717) is 42.3 Å². The maximum Gasteiger partial charge on any atom is 0.319 e. The maximum atomic E-state index is 13.0. The molecule has 0 radical (unpaired) electrons. The Balaban J connectivity index is 0.000000358. The van der Waals surface area contributed by atoms with Crippen molar-refractivity contribution < 1.29 is 19.7 Å². The standard InChI is InChI=1S/C27H38N8O.C22H26FN7O.4H2/c1-5-20-15-23(26-30-31-32-34(26)4)17-24(16-20)29-27(36)28-18-22-7-6-13-35(19-22)14-12-21-8-10-25(11-9-21)33(2)3;1-29-21(26-27-28-29)18-3-2-4-20(13-18)25-22(31)24-14-16-9-11-30(12-10-16)15-17-5-7-19(23)8-6-17;;;;/h8-11,15-17,22H,5-7,12-14,18-19H2,1-4H3,(H2,28,29,36);2-8,13,16H,9-12,14-15H2,1H3,(H2,24,25,31);4*1H/t22-;;;;;/m0...../s1. The minimum atomic E-state index is -0.220. The van der Waals surface area contributed by atoms with E-state index in [1.54, 1.807) is 16.4 Å². The fourth-order valence-corrected chi connectivity index (χ4v) is 8.57. The molecule has 67 heavy (non-hydrogen) atoms. The van der Waals surface area contributed by atoms with E-state index in [1.165, 1.54) is 29.8 Å². The Kier molecular flexibility index (Phi) is 17.0. The highest BCUT2D eigenvalue weighted by Crippen LogP contribution is 2.25. The molecule has 0 spiro atoms. The molecule has 0 saturated carbocycles. The Hall–Kier alpha value is -6.79. The summed E-state index contributed by atoms with van der Waals surface area (Å²) in [5, 5.41) is 35.2. The average Bonchev–Trinajstić information content (AvgIpc) is 3.98. The quantitative estimate of drug-likeness (QED) is 0.0797. The van der Waals surface area contributed by atoms with Gasteiger partial charge in [-0.15, -0.1) is 10.2 Å². The molecule has 17 nitrogen and oxygen atoms in total. The minimum absolute atomic E-state index is 0. The van der Waals surface area contributed by atoms with Gasteiger partial charge in [-0.1, -0.05) is 43.3 Å². The number of nitrogens with zero attached hydrogens (tertiary/aromatic N) is 11. The van der Waals surface area contributed by atoms with Gasteiger partial charge in [0, 0.05) is 94.8 Å². The van der Waals surface area contributed by atoms with Crippen molar-refractivity contribution in [3.05, 3.63) is 114 Å². The summed E-state index contributed by atoms with van der Waals surface area (Å²) in [5.41, 5.74) is 7.98. The van der Waals surface area contributed by atoms with Crippen molar-refractivity contribution in [2.24, 2.45) is 25.9 Å². The summed E-state index contributed by atoms with van der Waals surface area (Å²) in [5.74, 6) is 2.01. The van der Waals surface area contributed by atoms with Gasteiger partial charge in [-0.3, -0.25) is 4.90 Å². The van der Waals surface area contributed by atoms with E-state index in [4.69, 9.17) is 0 Å². The number of aryl methyl sites for hydroxylation is 3. The van der Waals surface area contributed by atoms with Crippen LogP contribution in [0.15, 0.2) is 91.0 Å². The van der Waals surface area contributed by atoms with Gasteiger partial charge in [0.2, 0.25) is 0 Å². The van der Waals surface area contributed by atoms with Crippen LogP contribution in [0.2, 0.25) is 0 Å². The monoisotopic (exact) mass is 922 g/mol. The van der Waals surface area contributed by atoms with E-state index < -0.39 is 0 Å². The molecule has 2 saturated heterocycles. The first-order valence-electron chi connectivity index (χ1n) is 23.2. The summed E-state index contributed by atoms with van der Waals surface area (Å²) < 4.78 is 16.3. The first-order chi connectivity index (χ1) is 32.5. The van der Waals surface area contributed by atoms with Crippen LogP contribution < -0.4 is 26.2 Å². The topological polar surface area (TPSA) is 179 Å². The van der Waals surface area contributed by atoms with Crippen molar-refractivity contribution in [1.29, 1.82) is 0 Å². The van der Waals surface area contributed by atoms with Crippen molar-refractivity contribution in [3.63, 3.8) is 0 Å². The number of aromatic nitrogens is 8. The number of carbonyl (C=O) groups excluding carboxylic acids is 2. The summed E-state index contributed by atoms with van der Waals surface area (Å²) in [6.07, 6.45) is 6.26. The average molecular weight is 922 g/mol. The van der Waals surface area contributed by atoms with Crippen molar-refractivity contribution >= 4 is 29.1 Å². The SMILES string of the molecule is CCc1cc(NC(=O)NC[C@@H]2CCCN(CCc3ccc(N(C)C)cc3)C2)cc(-c2nnnn2C)c1.Cn1nnnc1-c1cccc(NC(=O)NCC2CCN(Cc3ccc(F)cc3)CC2)c1.[HH].[HH].[HH].[HH]. The number of carbonyl (C=O) groups is 2. The van der Waals surface area contributed by atoms with Gasteiger partial charge in [0.25, 0.3) is 0 Å². The van der Waals surface area contributed by atoms with Crippen molar-refractivity contribution in [1.82, 2.24) is 60.8 Å². The molecule has 4 amide bonds. The van der Waals surface area contributed by atoms with Crippen LogP contribution in [0, 0.1) is 17.7 Å². The van der Waals surface area contributed by atoms with Crippen LogP contribution in [0.25, 0.3) is 22.8 Å². The van der Waals surface area contributed by atoms with E-state index in [9.17, 15) is 14.0 Å². The first-order valence-corrected chi connectivity index (χ1v) is 23.2. The number of anilines is 3. The second kappa shape index (κ2) is 23.6. The summed E-state index contributed by atoms with van der Waals surface area (Å²) >= 11 is 0. The van der Waals surface area contributed by atoms with Gasteiger partial charge in [-0.05, 0) is 162 Å². The molecular formula is C49H72FN15O2. The molecule has 2 aliphatic heterocycles. The molecule has 18 heteroatoms. The minimum Gasteiger partial charge on any atom is -0.378 e. The third-order valence-corrected chi connectivity index (χ3v) is 12.4. The Morgan fingerprint density at radius 2 is 1.33 bits per heavy atom. The number of amides is 4. The van der Waals surface area contributed by atoms with Gasteiger partial charge < -0.3 is 31.1 Å². The van der Waals surface area contributed by atoms with E-state index in [1.807, 2.05) is 55.6 Å². The lowest BCUT2D eigenvalue weighted by molar-refractivity contribution is 0.174. The van der Waals surface area contributed by atoms with E-state index in [-0.39, 0.29) is 23.6 Å². The molecule has 8 rings (SSSR count). The number of nitrogens with one attached hydrogen (secondary N) is 4. The summed E-state index contributed by atoms with van der Waals surface area (Å²) in [6.45, 7) is 9.37. The Morgan fingerprint density at radius 3 is 1.97 bits per heavy atom. The molecule has 0 bridgehead atoms. The molecule has 1 atom stereocenters. The molecule has 0 unspecified atom stereocenters. The van der Waals surface area contributed by atoms with Crippen LogP contribution in [-0.2, 0) is 33.5 Å². The van der Waals surface area contributed by atoms with Crippen molar-refractivity contribution in [2.75, 3.05) is 75.4 Å². The van der Waals surface area contributed by atoms with E-state index in [2.05, 4.69) is 118 Å². The molecule has 2 fully saturated rings. The lowest BCUT2D eigenvalue weighted by Gasteiger charge is -2.32. The van der Waals surface area contributed by atoms with Gasteiger partial charge in [-0.2, -0.15) is 0 Å². The zero-order chi connectivity index (χ0) is 47.1. The Morgan fingerprint density at radius 1 is 0.701 bits per heavy atom.